The molecule has 16 heavy (non-hydrogen) atoms. The van der Waals surface area contributed by atoms with Crippen LogP contribution in [-0.2, 0) is 0 Å². The number of carbonyl (C=O) groups is 1. The Morgan fingerprint density at radius 2 is 2.06 bits per heavy atom. The Bertz CT molecular complexity index is 361. The summed E-state index contributed by atoms with van der Waals surface area (Å²) < 4.78 is 5.71. The van der Waals surface area contributed by atoms with E-state index in [2.05, 4.69) is 13.8 Å². The molecule has 2 nitrogen and oxygen atoms in total. The van der Waals surface area contributed by atoms with Crippen LogP contribution in [0, 0.1) is 5.92 Å². The molecule has 3 heteroatoms. The van der Waals surface area contributed by atoms with E-state index < -0.39 is 0 Å². The molecule has 0 amide bonds. The number of hydrogen-bond donors (Lipinski definition) is 0. The van der Waals surface area contributed by atoms with Gasteiger partial charge in [0.1, 0.15) is 5.75 Å². The second-order valence-electron chi connectivity index (χ2n) is 4.36. The lowest BCUT2D eigenvalue weighted by atomic mass is 10.1. The minimum absolute atomic E-state index is 0.151. The molecule has 0 spiro atoms. The molecular formula is C13H17ClO2. The number of ether oxygens (including phenoxy) is 1. The second kappa shape index (κ2) is 5.90. The fourth-order valence-corrected chi connectivity index (χ4v) is 1.84. The lowest BCUT2D eigenvalue weighted by Gasteiger charge is -2.16. The van der Waals surface area contributed by atoms with Gasteiger partial charge >= 0.3 is 0 Å². The molecule has 0 fully saturated rings. The van der Waals surface area contributed by atoms with Gasteiger partial charge in [-0.1, -0.05) is 25.4 Å². The van der Waals surface area contributed by atoms with E-state index in [4.69, 9.17) is 16.3 Å². The number of hydrogen-bond acceptors (Lipinski definition) is 2. The van der Waals surface area contributed by atoms with Crippen LogP contribution in [0.5, 0.6) is 5.75 Å². The summed E-state index contributed by atoms with van der Waals surface area (Å²) in [5.74, 6) is 1.31. The van der Waals surface area contributed by atoms with Crippen LogP contribution in [0.3, 0.4) is 0 Å². The summed E-state index contributed by atoms with van der Waals surface area (Å²) in [6.45, 7) is 6.34. The van der Waals surface area contributed by atoms with Crippen molar-refractivity contribution in [1.29, 1.82) is 0 Å². The van der Waals surface area contributed by atoms with Gasteiger partial charge in [0.2, 0.25) is 0 Å². The van der Waals surface area contributed by atoms with Gasteiger partial charge in [-0.2, -0.15) is 0 Å². The molecule has 0 heterocycles. The number of aldehydes is 1. The van der Waals surface area contributed by atoms with Crippen LogP contribution < -0.4 is 4.74 Å². The van der Waals surface area contributed by atoms with Gasteiger partial charge in [-0.05, 0) is 37.5 Å². The van der Waals surface area contributed by atoms with Gasteiger partial charge in [-0.25, -0.2) is 0 Å². The third-order valence-corrected chi connectivity index (χ3v) is 2.57. The van der Waals surface area contributed by atoms with Crippen LogP contribution in [0.15, 0.2) is 18.2 Å². The van der Waals surface area contributed by atoms with Crippen molar-refractivity contribution in [2.75, 3.05) is 0 Å². The van der Waals surface area contributed by atoms with E-state index >= 15 is 0 Å². The molecule has 0 bridgehead atoms. The largest absolute Gasteiger partial charge is 0.491 e. The number of carbonyl (C=O) groups excluding carboxylic acids is 1. The van der Waals surface area contributed by atoms with Gasteiger partial charge in [-0.15, -0.1) is 0 Å². The Balaban J connectivity index is 2.67. The SMILES string of the molecule is CC(C)CC(C)Oc1ccc(C=O)c(Cl)c1. The van der Waals surface area contributed by atoms with Crippen molar-refractivity contribution in [2.24, 2.45) is 5.92 Å². The summed E-state index contributed by atoms with van der Waals surface area (Å²) in [6, 6.07) is 5.13. The smallest absolute Gasteiger partial charge is 0.151 e. The Morgan fingerprint density at radius 1 is 1.38 bits per heavy atom. The molecule has 1 aromatic rings. The van der Waals surface area contributed by atoms with E-state index in [-0.39, 0.29) is 6.10 Å². The molecule has 88 valence electrons. The minimum Gasteiger partial charge on any atom is -0.491 e. The zero-order valence-corrected chi connectivity index (χ0v) is 10.6. The molecule has 1 unspecified atom stereocenters. The topological polar surface area (TPSA) is 26.3 Å². The molecule has 0 radical (unpaired) electrons. The fraction of sp³-hybridized carbons (Fsp3) is 0.462. The van der Waals surface area contributed by atoms with Gasteiger partial charge in [0, 0.05) is 5.56 Å². The highest BCUT2D eigenvalue weighted by Crippen LogP contribution is 2.23. The monoisotopic (exact) mass is 240 g/mol. The highest BCUT2D eigenvalue weighted by atomic mass is 35.5. The van der Waals surface area contributed by atoms with Crippen molar-refractivity contribution >= 4 is 17.9 Å². The van der Waals surface area contributed by atoms with Crippen molar-refractivity contribution in [1.82, 2.24) is 0 Å². The van der Waals surface area contributed by atoms with Crippen LogP contribution in [0.1, 0.15) is 37.6 Å². The zero-order chi connectivity index (χ0) is 12.1. The molecule has 0 saturated carbocycles. The molecule has 0 aliphatic carbocycles. The van der Waals surface area contributed by atoms with Crippen molar-refractivity contribution in [3.8, 4) is 5.75 Å². The van der Waals surface area contributed by atoms with Crippen molar-refractivity contribution in [3.05, 3.63) is 28.8 Å². The van der Waals surface area contributed by atoms with Gasteiger partial charge < -0.3 is 4.74 Å². The summed E-state index contributed by atoms with van der Waals surface area (Å²) in [6.07, 6.45) is 1.88. The summed E-state index contributed by atoms with van der Waals surface area (Å²) in [7, 11) is 0. The van der Waals surface area contributed by atoms with Crippen molar-refractivity contribution < 1.29 is 9.53 Å². The first-order chi connectivity index (χ1) is 7.52. The molecular weight excluding hydrogens is 224 g/mol. The molecule has 1 aromatic carbocycles. The Hall–Kier alpha value is -1.02. The molecule has 0 aromatic heterocycles. The maximum atomic E-state index is 10.6. The van der Waals surface area contributed by atoms with Crippen molar-refractivity contribution in [3.63, 3.8) is 0 Å². The van der Waals surface area contributed by atoms with Gasteiger partial charge in [0.15, 0.2) is 6.29 Å². The first-order valence-corrected chi connectivity index (χ1v) is 5.82. The van der Waals surface area contributed by atoms with Crippen molar-refractivity contribution in [2.45, 2.75) is 33.3 Å². The first kappa shape index (κ1) is 13.0. The van der Waals surface area contributed by atoms with Crippen LogP contribution in [0.4, 0.5) is 0 Å². The number of halogens is 1. The van der Waals surface area contributed by atoms with E-state index in [1.165, 1.54) is 0 Å². The number of benzene rings is 1. The van der Waals surface area contributed by atoms with Crippen LogP contribution in [-0.4, -0.2) is 12.4 Å². The van der Waals surface area contributed by atoms with Crippen LogP contribution in [0.25, 0.3) is 0 Å². The zero-order valence-electron chi connectivity index (χ0n) is 9.87. The highest BCUT2D eigenvalue weighted by Gasteiger charge is 2.08. The average molecular weight is 241 g/mol. The number of rotatable bonds is 5. The standard InChI is InChI=1S/C13H17ClO2/c1-9(2)6-10(3)16-12-5-4-11(8-15)13(14)7-12/h4-5,7-10H,6H2,1-3H3. The summed E-state index contributed by atoms with van der Waals surface area (Å²) >= 11 is 5.91. The normalized spacial score (nSPS) is 12.6. The predicted molar refractivity (Wildman–Crippen MR) is 66.4 cm³/mol. The maximum Gasteiger partial charge on any atom is 0.151 e. The van der Waals surface area contributed by atoms with E-state index in [1.54, 1.807) is 18.2 Å². The second-order valence-corrected chi connectivity index (χ2v) is 4.77. The average Bonchev–Trinajstić information content (AvgIpc) is 2.16. The fourth-order valence-electron chi connectivity index (χ4n) is 1.62. The Kier molecular flexibility index (Phi) is 4.81. The summed E-state index contributed by atoms with van der Waals surface area (Å²) in [5.41, 5.74) is 0.491. The lowest BCUT2D eigenvalue weighted by Crippen LogP contribution is -2.14. The molecule has 1 rings (SSSR count). The van der Waals surface area contributed by atoms with Crippen LogP contribution >= 0.6 is 11.6 Å². The quantitative estimate of drug-likeness (QED) is 0.728. The van der Waals surface area contributed by atoms with E-state index in [0.717, 1.165) is 12.7 Å². The van der Waals surface area contributed by atoms with Gasteiger partial charge in [-0.3, -0.25) is 4.79 Å². The highest BCUT2D eigenvalue weighted by molar-refractivity contribution is 6.33. The summed E-state index contributed by atoms with van der Waals surface area (Å²) in [5, 5.41) is 0.434. The molecule has 0 aliphatic rings. The lowest BCUT2D eigenvalue weighted by molar-refractivity contribution is 0.112. The Morgan fingerprint density at radius 3 is 2.56 bits per heavy atom. The van der Waals surface area contributed by atoms with Gasteiger partial charge in [0.05, 0.1) is 11.1 Å². The van der Waals surface area contributed by atoms with Gasteiger partial charge in [0.25, 0.3) is 0 Å². The summed E-state index contributed by atoms with van der Waals surface area (Å²) in [4.78, 5) is 10.6. The first-order valence-electron chi connectivity index (χ1n) is 5.44. The molecule has 0 aliphatic heterocycles. The minimum atomic E-state index is 0.151. The third-order valence-electron chi connectivity index (χ3n) is 2.24. The van der Waals surface area contributed by atoms with Crippen LogP contribution in [0.2, 0.25) is 5.02 Å². The van der Waals surface area contributed by atoms with E-state index in [9.17, 15) is 4.79 Å². The van der Waals surface area contributed by atoms with E-state index in [1.807, 2.05) is 6.92 Å². The molecule has 0 N–H and O–H groups in total. The van der Waals surface area contributed by atoms with E-state index in [0.29, 0.717) is 22.3 Å². The predicted octanol–water partition coefficient (Wildman–Crippen LogP) is 3.97. The third kappa shape index (κ3) is 3.86. The maximum absolute atomic E-state index is 10.6. The molecule has 0 saturated heterocycles. The molecule has 1 atom stereocenters. The Labute approximate surface area is 102 Å².